The lowest BCUT2D eigenvalue weighted by molar-refractivity contribution is -0.270. The van der Waals surface area contributed by atoms with Crippen molar-refractivity contribution in [3.05, 3.63) is 6.20 Å². The standard InChI is InChI=1S/C30H40N4O17/c1-13(35)43-12-23-27(48-18(6)40)28(49-19(7)41)29(50-20(8)42)30(51-23)34-11-24(31-32-34)33-9-21(44-14(2)36)25(46-16(4)38)26(47-17(5)39)22(10-33)45-15(3)37/h11,21-23,25-30H,9-10,12H2,1-8H3/t21-,22-,23-,25-,26-,27-,28+,29-,30-/m1/s1. The minimum atomic E-state index is -1.52. The highest BCUT2D eigenvalue weighted by atomic mass is 16.7. The van der Waals surface area contributed by atoms with Crippen LogP contribution in [0, 0.1) is 0 Å². The van der Waals surface area contributed by atoms with Crippen molar-refractivity contribution >= 4 is 53.6 Å². The van der Waals surface area contributed by atoms with E-state index in [2.05, 4.69) is 10.3 Å². The van der Waals surface area contributed by atoms with Crippen LogP contribution in [0.2, 0.25) is 0 Å². The van der Waals surface area contributed by atoms with Gasteiger partial charge in [0.05, 0.1) is 19.3 Å². The van der Waals surface area contributed by atoms with E-state index in [1.165, 1.54) is 11.1 Å². The van der Waals surface area contributed by atoms with E-state index >= 15 is 0 Å². The number of anilines is 1. The van der Waals surface area contributed by atoms with Crippen molar-refractivity contribution in [2.24, 2.45) is 0 Å². The molecule has 0 spiro atoms. The highest BCUT2D eigenvalue weighted by Crippen LogP contribution is 2.35. The Balaban J connectivity index is 2.14. The van der Waals surface area contributed by atoms with Crippen LogP contribution >= 0.6 is 0 Å². The molecule has 2 fully saturated rings. The van der Waals surface area contributed by atoms with E-state index in [0.717, 1.165) is 60.1 Å². The second-order valence-corrected chi connectivity index (χ2v) is 11.5. The van der Waals surface area contributed by atoms with E-state index in [4.69, 9.17) is 42.6 Å². The van der Waals surface area contributed by atoms with Crippen molar-refractivity contribution < 1.29 is 81.0 Å². The summed E-state index contributed by atoms with van der Waals surface area (Å²) in [5, 5.41) is 8.27. The van der Waals surface area contributed by atoms with Gasteiger partial charge in [-0.05, 0) is 0 Å². The SMILES string of the molecule is CC(=O)OC[C@H]1O[C@@H](n2cc(N3C[C@@H](OC(C)=O)[C@@H](OC(C)=O)[C@H](OC(C)=O)[C@H](OC(C)=O)C3)nn2)[C@H](OC(C)=O)[C@@H](OC(C)=O)[C@@H]1OC(C)=O. The molecule has 2 saturated heterocycles. The first-order chi connectivity index (χ1) is 23.9. The van der Waals surface area contributed by atoms with Crippen molar-refractivity contribution in [1.29, 1.82) is 0 Å². The molecule has 0 saturated carbocycles. The zero-order valence-corrected chi connectivity index (χ0v) is 29.1. The predicted molar refractivity (Wildman–Crippen MR) is 162 cm³/mol. The van der Waals surface area contributed by atoms with Crippen LogP contribution in [0.3, 0.4) is 0 Å². The number of nitrogens with zero attached hydrogens (tertiary/aromatic N) is 4. The molecule has 0 radical (unpaired) electrons. The van der Waals surface area contributed by atoms with Crippen molar-refractivity contribution in [3.8, 4) is 0 Å². The minimum Gasteiger partial charge on any atom is -0.463 e. The van der Waals surface area contributed by atoms with Crippen LogP contribution < -0.4 is 4.90 Å². The molecule has 1 aromatic rings. The Morgan fingerprint density at radius 3 is 1.43 bits per heavy atom. The maximum absolute atomic E-state index is 12.3. The number of rotatable bonds is 11. The number of ether oxygens (including phenoxy) is 9. The summed E-state index contributed by atoms with van der Waals surface area (Å²) in [5.74, 6) is -6.43. The van der Waals surface area contributed by atoms with Gasteiger partial charge in [0.15, 0.2) is 54.8 Å². The Hall–Kier alpha value is -5.34. The molecule has 1 aromatic heterocycles. The molecule has 51 heavy (non-hydrogen) atoms. The van der Waals surface area contributed by atoms with E-state index < -0.39 is 109 Å². The molecule has 0 N–H and O–H groups in total. The Morgan fingerprint density at radius 1 is 0.588 bits per heavy atom. The normalized spacial score (nSPS) is 27.5. The molecule has 0 aliphatic carbocycles. The third-order valence-corrected chi connectivity index (χ3v) is 7.15. The monoisotopic (exact) mass is 728 g/mol. The Bertz CT molecular complexity index is 1450. The van der Waals surface area contributed by atoms with Gasteiger partial charge in [-0.2, -0.15) is 0 Å². The first-order valence-corrected chi connectivity index (χ1v) is 15.5. The summed E-state index contributed by atoms with van der Waals surface area (Å²) in [4.78, 5) is 98.4. The number of esters is 8. The topological polar surface area (TPSA) is 254 Å². The maximum Gasteiger partial charge on any atom is 0.303 e. The molecular formula is C30H40N4O17. The molecule has 21 nitrogen and oxygen atoms in total. The quantitative estimate of drug-likeness (QED) is 0.197. The summed E-state index contributed by atoms with van der Waals surface area (Å²) in [6.45, 7) is 7.67. The number of carbonyl (C=O) groups excluding carboxylic acids is 8. The summed E-state index contributed by atoms with van der Waals surface area (Å²) in [7, 11) is 0. The largest absolute Gasteiger partial charge is 0.463 e. The van der Waals surface area contributed by atoms with Gasteiger partial charge in [0.25, 0.3) is 0 Å². The van der Waals surface area contributed by atoms with E-state index in [-0.39, 0.29) is 18.9 Å². The molecule has 2 aliphatic heterocycles. The van der Waals surface area contributed by atoms with Gasteiger partial charge in [-0.25, -0.2) is 4.68 Å². The van der Waals surface area contributed by atoms with Gasteiger partial charge in [-0.1, -0.05) is 5.21 Å². The summed E-state index contributed by atoms with van der Waals surface area (Å²) in [6, 6.07) is 0. The fourth-order valence-electron chi connectivity index (χ4n) is 5.59. The Labute approximate surface area is 291 Å². The molecule has 0 unspecified atom stereocenters. The molecule has 9 atom stereocenters. The van der Waals surface area contributed by atoms with Gasteiger partial charge >= 0.3 is 47.8 Å². The highest BCUT2D eigenvalue weighted by Gasteiger charge is 2.54. The third-order valence-electron chi connectivity index (χ3n) is 7.15. The lowest BCUT2D eigenvalue weighted by atomic mass is 9.97. The zero-order valence-electron chi connectivity index (χ0n) is 29.1. The van der Waals surface area contributed by atoms with Crippen LogP contribution in [0.1, 0.15) is 61.6 Å². The van der Waals surface area contributed by atoms with E-state index in [1.54, 1.807) is 0 Å². The van der Waals surface area contributed by atoms with Gasteiger partial charge in [0.1, 0.15) is 12.7 Å². The molecule has 0 bridgehead atoms. The predicted octanol–water partition coefficient (Wildman–Crippen LogP) is -0.919. The minimum absolute atomic E-state index is 0.00205. The Morgan fingerprint density at radius 2 is 1.00 bits per heavy atom. The van der Waals surface area contributed by atoms with Crippen molar-refractivity contribution in [2.75, 3.05) is 24.6 Å². The van der Waals surface area contributed by atoms with E-state index in [0.29, 0.717) is 0 Å². The zero-order chi connectivity index (χ0) is 38.2. The van der Waals surface area contributed by atoms with Crippen LogP contribution in [-0.2, 0) is 81.0 Å². The lowest BCUT2D eigenvalue weighted by Crippen LogP contribution is -2.60. The van der Waals surface area contributed by atoms with Crippen molar-refractivity contribution in [2.45, 2.75) is 110 Å². The van der Waals surface area contributed by atoms with E-state index in [1.807, 2.05) is 0 Å². The second-order valence-electron chi connectivity index (χ2n) is 11.5. The van der Waals surface area contributed by atoms with Crippen molar-refractivity contribution in [1.82, 2.24) is 15.0 Å². The van der Waals surface area contributed by atoms with Crippen LogP contribution in [-0.4, -0.2) is 131 Å². The fraction of sp³-hybridized carbons (Fsp3) is 0.667. The van der Waals surface area contributed by atoms with Gasteiger partial charge < -0.3 is 47.5 Å². The molecule has 282 valence electrons. The number of hydrogen-bond acceptors (Lipinski definition) is 20. The third kappa shape index (κ3) is 11.3. The summed E-state index contributed by atoms with van der Waals surface area (Å²) >= 11 is 0. The van der Waals surface area contributed by atoms with Gasteiger partial charge in [-0.3, -0.25) is 38.4 Å². The van der Waals surface area contributed by atoms with Gasteiger partial charge in [-0.15, -0.1) is 5.10 Å². The summed E-state index contributed by atoms with van der Waals surface area (Å²) in [6.07, 6.45) is -11.4. The number of aromatic nitrogens is 3. The first-order valence-electron chi connectivity index (χ1n) is 15.5. The van der Waals surface area contributed by atoms with Crippen LogP contribution in [0.25, 0.3) is 0 Å². The van der Waals surface area contributed by atoms with Gasteiger partial charge in [0.2, 0.25) is 0 Å². The number of carbonyl (C=O) groups is 8. The van der Waals surface area contributed by atoms with Crippen LogP contribution in [0.4, 0.5) is 5.82 Å². The molecule has 3 rings (SSSR count). The average Bonchev–Trinajstić information content (AvgIpc) is 3.43. The summed E-state index contributed by atoms with van der Waals surface area (Å²) < 4.78 is 50.5. The molecule has 0 aromatic carbocycles. The molecular weight excluding hydrogens is 688 g/mol. The molecule has 3 heterocycles. The number of hydrogen-bond donors (Lipinski definition) is 0. The molecule has 21 heteroatoms. The lowest BCUT2D eigenvalue weighted by Gasteiger charge is -2.44. The first kappa shape index (κ1) is 40.1. The molecule has 2 aliphatic rings. The fourth-order valence-corrected chi connectivity index (χ4v) is 5.59. The average molecular weight is 729 g/mol. The summed E-state index contributed by atoms with van der Waals surface area (Å²) in [5.41, 5.74) is 0. The second kappa shape index (κ2) is 17.5. The maximum atomic E-state index is 12.3. The van der Waals surface area contributed by atoms with Crippen LogP contribution in [0.15, 0.2) is 6.20 Å². The van der Waals surface area contributed by atoms with E-state index in [9.17, 15) is 38.4 Å². The Kier molecular flexibility index (Phi) is 13.8. The van der Waals surface area contributed by atoms with Crippen molar-refractivity contribution in [3.63, 3.8) is 0 Å². The van der Waals surface area contributed by atoms with Gasteiger partial charge in [0, 0.05) is 55.4 Å². The highest BCUT2D eigenvalue weighted by molar-refractivity contribution is 5.70. The molecule has 0 amide bonds. The smallest absolute Gasteiger partial charge is 0.303 e. The van der Waals surface area contributed by atoms with Crippen LogP contribution in [0.5, 0.6) is 0 Å².